The third-order valence-electron chi connectivity index (χ3n) is 3.27. The Morgan fingerprint density at radius 3 is 2.43 bits per heavy atom. The van der Waals surface area contributed by atoms with Gasteiger partial charge in [-0.3, -0.25) is 0 Å². The molecule has 3 nitrogen and oxygen atoms in total. The fraction of sp³-hybridized carbons (Fsp3) is 0. The smallest absolute Gasteiger partial charge is 0.189 e. The van der Waals surface area contributed by atoms with Crippen molar-refractivity contribution in [3.8, 4) is 22.1 Å². The van der Waals surface area contributed by atoms with Crippen LogP contribution in [-0.4, -0.2) is 15.0 Å². The van der Waals surface area contributed by atoms with E-state index in [0.29, 0.717) is 5.82 Å². The summed E-state index contributed by atoms with van der Waals surface area (Å²) in [5.74, 6) is 0.683. The van der Waals surface area contributed by atoms with Gasteiger partial charge in [-0.05, 0) is 6.07 Å². The predicted octanol–water partition coefficient (Wildman–Crippen LogP) is 4.42. The number of para-hydroxylation sites is 1. The summed E-state index contributed by atoms with van der Waals surface area (Å²) in [5, 5.41) is 3.85. The first-order valence-electron chi connectivity index (χ1n) is 6.64. The van der Waals surface area contributed by atoms with Gasteiger partial charge in [0.1, 0.15) is 0 Å². The predicted molar refractivity (Wildman–Crippen MR) is 86.1 cm³/mol. The molecule has 0 saturated heterocycles. The largest absolute Gasteiger partial charge is 0.241 e. The van der Waals surface area contributed by atoms with Crippen molar-refractivity contribution in [3.05, 3.63) is 66.2 Å². The van der Waals surface area contributed by atoms with Crippen LogP contribution < -0.4 is 0 Å². The Bertz CT molecular complexity index is 886. The molecule has 21 heavy (non-hydrogen) atoms. The molecule has 0 amide bonds. The maximum Gasteiger partial charge on any atom is 0.189 e. The molecule has 4 heteroatoms. The van der Waals surface area contributed by atoms with Crippen molar-refractivity contribution in [3.63, 3.8) is 0 Å². The maximum atomic E-state index is 4.75. The van der Waals surface area contributed by atoms with Crippen molar-refractivity contribution < 1.29 is 0 Å². The number of hydrogen-bond donors (Lipinski definition) is 0. The minimum Gasteiger partial charge on any atom is -0.241 e. The molecule has 0 saturated carbocycles. The van der Waals surface area contributed by atoms with E-state index >= 15 is 0 Å². The Hall–Kier alpha value is -2.59. The molecule has 100 valence electrons. The van der Waals surface area contributed by atoms with Gasteiger partial charge in [0.25, 0.3) is 0 Å². The van der Waals surface area contributed by atoms with Crippen molar-refractivity contribution in [1.82, 2.24) is 15.0 Å². The summed E-state index contributed by atoms with van der Waals surface area (Å²) in [7, 11) is 0. The average molecular weight is 289 g/mol. The molecule has 0 atom stereocenters. The van der Waals surface area contributed by atoms with E-state index in [4.69, 9.17) is 4.98 Å². The number of aromatic nitrogens is 3. The molecular weight excluding hydrogens is 278 g/mol. The highest BCUT2D eigenvalue weighted by Gasteiger charge is 2.11. The molecule has 2 aromatic heterocycles. The van der Waals surface area contributed by atoms with E-state index in [2.05, 4.69) is 28.2 Å². The summed E-state index contributed by atoms with van der Waals surface area (Å²) in [6.07, 6.45) is 1.78. The Morgan fingerprint density at radius 2 is 1.62 bits per heavy atom. The topological polar surface area (TPSA) is 38.7 Å². The Morgan fingerprint density at radius 1 is 0.810 bits per heavy atom. The highest BCUT2D eigenvalue weighted by molar-refractivity contribution is 7.13. The van der Waals surface area contributed by atoms with Gasteiger partial charge in [0, 0.05) is 22.5 Å². The second-order valence-electron chi connectivity index (χ2n) is 4.62. The van der Waals surface area contributed by atoms with E-state index in [-0.39, 0.29) is 0 Å². The van der Waals surface area contributed by atoms with Gasteiger partial charge in [0.05, 0.1) is 11.2 Å². The number of nitrogens with zero attached hydrogens (tertiary/aromatic N) is 3. The highest BCUT2D eigenvalue weighted by Crippen LogP contribution is 2.29. The summed E-state index contributed by atoms with van der Waals surface area (Å²) in [4.78, 5) is 13.7. The first-order valence-corrected chi connectivity index (χ1v) is 7.52. The number of benzene rings is 2. The van der Waals surface area contributed by atoms with Crippen LogP contribution >= 0.6 is 11.3 Å². The van der Waals surface area contributed by atoms with Crippen LogP contribution in [0.1, 0.15) is 0 Å². The van der Waals surface area contributed by atoms with Gasteiger partial charge in [-0.15, -0.1) is 11.3 Å². The molecule has 0 radical (unpaired) electrons. The Balaban J connectivity index is 2.04. The fourth-order valence-corrected chi connectivity index (χ4v) is 2.89. The molecule has 0 aliphatic rings. The quantitative estimate of drug-likeness (QED) is 0.548. The van der Waals surface area contributed by atoms with E-state index in [1.54, 1.807) is 17.5 Å². The summed E-state index contributed by atoms with van der Waals surface area (Å²) < 4.78 is 0. The third kappa shape index (κ3) is 2.19. The molecule has 0 N–H and O–H groups in total. The molecular formula is C17H11N3S. The lowest BCUT2D eigenvalue weighted by Gasteiger charge is -2.07. The Labute approximate surface area is 126 Å². The molecule has 4 aromatic rings. The average Bonchev–Trinajstić information content (AvgIpc) is 3.09. The minimum absolute atomic E-state index is 0.683. The lowest BCUT2D eigenvalue weighted by Crippen LogP contribution is -1.94. The first-order chi connectivity index (χ1) is 10.4. The highest BCUT2D eigenvalue weighted by atomic mass is 32.1. The summed E-state index contributed by atoms with van der Waals surface area (Å²) in [6, 6.07) is 18.3. The van der Waals surface area contributed by atoms with Gasteiger partial charge in [0.15, 0.2) is 10.8 Å². The van der Waals surface area contributed by atoms with Gasteiger partial charge in [-0.2, -0.15) is 0 Å². The van der Waals surface area contributed by atoms with Gasteiger partial charge in [-0.25, -0.2) is 15.0 Å². The number of thiazole rings is 1. The zero-order valence-electron chi connectivity index (χ0n) is 11.1. The molecule has 0 bridgehead atoms. The van der Waals surface area contributed by atoms with Crippen molar-refractivity contribution in [1.29, 1.82) is 0 Å². The van der Waals surface area contributed by atoms with Crippen LogP contribution in [0.25, 0.3) is 33.0 Å². The lowest BCUT2D eigenvalue weighted by molar-refractivity contribution is 1.21. The van der Waals surface area contributed by atoms with E-state index in [0.717, 1.165) is 27.2 Å². The molecule has 0 aliphatic carbocycles. The number of rotatable bonds is 2. The number of hydrogen-bond acceptors (Lipinski definition) is 4. The molecule has 0 unspecified atom stereocenters. The summed E-state index contributed by atoms with van der Waals surface area (Å²) >= 11 is 1.55. The van der Waals surface area contributed by atoms with Crippen LogP contribution in [0.2, 0.25) is 0 Å². The van der Waals surface area contributed by atoms with Crippen LogP contribution in [0.5, 0.6) is 0 Å². The first kappa shape index (κ1) is 12.2. The summed E-state index contributed by atoms with van der Waals surface area (Å²) in [6.45, 7) is 0. The SMILES string of the molecule is c1ccc(-c2nc(-c3nccs3)nc3ccccc23)cc1. The molecule has 4 rings (SSSR count). The van der Waals surface area contributed by atoms with Crippen molar-refractivity contribution >= 4 is 22.2 Å². The van der Waals surface area contributed by atoms with Gasteiger partial charge in [-0.1, -0.05) is 48.5 Å². The molecule has 2 heterocycles. The van der Waals surface area contributed by atoms with Crippen LogP contribution in [0.3, 0.4) is 0 Å². The van der Waals surface area contributed by atoms with E-state index < -0.39 is 0 Å². The molecule has 0 spiro atoms. The van der Waals surface area contributed by atoms with Crippen molar-refractivity contribution in [2.24, 2.45) is 0 Å². The molecule has 2 aromatic carbocycles. The fourth-order valence-electron chi connectivity index (χ4n) is 2.32. The van der Waals surface area contributed by atoms with Crippen molar-refractivity contribution in [2.75, 3.05) is 0 Å². The lowest BCUT2D eigenvalue weighted by atomic mass is 10.1. The second-order valence-corrected chi connectivity index (χ2v) is 5.51. The Kier molecular flexibility index (Phi) is 2.94. The normalized spacial score (nSPS) is 10.9. The van der Waals surface area contributed by atoms with Gasteiger partial charge < -0.3 is 0 Å². The monoisotopic (exact) mass is 289 g/mol. The van der Waals surface area contributed by atoms with Gasteiger partial charge in [0.2, 0.25) is 0 Å². The minimum atomic E-state index is 0.683. The van der Waals surface area contributed by atoms with Crippen LogP contribution in [0.15, 0.2) is 66.2 Å². The van der Waals surface area contributed by atoms with E-state index in [9.17, 15) is 0 Å². The van der Waals surface area contributed by atoms with Gasteiger partial charge >= 0.3 is 0 Å². The molecule has 0 aliphatic heterocycles. The zero-order chi connectivity index (χ0) is 14.1. The molecule has 0 fully saturated rings. The van der Waals surface area contributed by atoms with Crippen LogP contribution in [0.4, 0.5) is 0 Å². The van der Waals surface area contributed by atoms with Crippen molar-refractivity contribution in [2.45, 2.75) is 0 Å². The zero-order valence-corrected chi connectivity index (χ0v) is 11.9. The second kappa shape index (κ2) is 5.07. The van der Waals surface area contributed by atoms with Crippen LogP contribution in [-0.2, 0) is 0 Å². The summed E-state index contributed by atoms with van der Waals surface area (Å²) in [5.41, 5.74) is 2.98. The number of fused-ring (bicyclic) bond motifs is 1. The standard InChI is InChI=1S/C17H11N3S/c1-2-6-12(7-3-1)15-13-8-4-5-9-14(13)19-16(20-15)17-18-10-11-21-17/h1-11H. The third-order valence-corrected chi connectivity index (χ3v) is 4.04. The van der Waals surface area contributed by atoms with E-state index in [1.165, 1.54) is 0 Å². The van der Waals surface area contributed by atoms with E-state index in [1.807, 2.05) is 41.8 Å². The van der Waals surface area contributed by atoms with Crippen LogP contribution in [0, 0.1) is 0 Å². The maximum absolute atomic E-state index is 4.75.